The number of halogens is 13. The molecule has 12 aromatic rings. The maximum atomic E-state index is 12.3. The Balaban J connectivity index is 0.00000160. The number of nitrogens with two attached hydrogens (primary N) is 2. The van der Waals surface area contributed by atoms with Crippen LogP contribution < -0.4 is 63.0 Å². The Morgan fingerprint density at radius 3 is 1.29 bits per heavy atom. The Kier molecular flexibility index (Phi) is 49.3. The number of benzene rings is 3. The van der Waals surface area contributed by atoms with E-state index in [0.29, 0.717) is 97.4 Å². The van der Waals surface area contributed by atoms with Gasteiger partial charge in [-0.05, 0) is 188 Å². The zero-order chi connectivity index (χ0) is 94.2. The summed E-state index contributed by atoms with van der Waals surface area (Å²) in [5.74, 6) is 1.71. The molecule has 0 unspecified atom stereocenters. The minimum atomic E-state index is -4.51. The molecule has 0 radical (unpaired) electrons. The van der Waals surface area contributed by atoms with E-state index in [9.17, 15) is 59.2 Å². The van der Waals surface area contributed by atoms with Gasteiger partial charge in [0.15, 0.2) is 16.9 Å². The van der Waals surface area contributed by atoms with Crippen LogP contribution >= 0.6 is 57.4 Å². The predicted octanol–water partition coefficient (Wildman–Crippen LogP) is 19.7. The van der Waals surface area contributed by atoms with Crippen molar-refractivity contribution in [2.45, 2.75) is 146 Å². The van der Waals surface area contributed by atoms with Gasteiger partial charge in [0.2, 0.25) is 0 Å². The fourth-order valence-corrected chi connectivity index (χ4v) is 11.4. The molecular formula is C87H102BCl3F9IN21O9Pd-. The van der Waals surface area contributed by atoms with Gasteiger partial charge < -0.3 is 83.5 Å². The van der Waals surface area contributed by atoms with Crippen molar-refractivity contribution in [1.82, 2.24) is 58.5 Å². The zero-order valence-corrected chi connectivity index (χ0v) is 76.7. The molecule has 0 aliphatic carbocycles. The largest absolute Gasteiger partial charge is 0.495 e. The van der Waals surface area contributed by atoms with Crippen LogP contribution in [-0.4, -0.2) is 153 Å². The molecule has 1 aliphatic rings. The quantitative estimate of drug-likeness (QED) is 0.0105. The molecule has 714 valence electrons. The number of nitrogens with one attached hydrogen (secondary N) is 6. The van der Waals surface area contributed by atoms with Gasteiger partial charge in [0, 0.05) is 124 Å². The maximum absolute atomic E-state index is 12.3. The van der Waals surface area contributed by atoms with Gasteiger partial charge >= 0.3 is 43.7 Å². The summed E-state index contributed by atoms with van der Waals surface area (Å²) in [6.45, 7) is 14.7. The maximum Gasteiger partial charge on any atom is 0.495 e. The van der Waals surface area contributed by atoms with Crippen LogP contribution in [0.2, 0.25) is 0 Å². The number of alkyl halides is 12. The van der Waals surface area contributed by atoms with Crippen molar-refractivity contribution in [3.63, 3.8) is 0 Å². The summed E-state index contributed by atoms with van der Waals surface area (Å²) in [4.78, 5) is 65.2. The Morgan fingerprint density at radius 1 is 0.530 bits per heavy atom. The van der Waals surface area contributed by atoms with Crippen molar-refractivity contribution < 1.29 is 104 Å². The number of carbonyl (C=O) groups excluding carboxylic acids is 4. The van der Waals surface area contributed by atoms with Gasteiger partial charge in [0.1, 0.15) is 82.6 Å². The van der Waals surface area contributed by atoms with Crippen LogP contribution in [0, 0.1) is 56.5 Å². The molecule has 10 heterocycles. The number of aldehydes is 1. The Morgan fingerprint density at radius 2 is 0.894 bits per heavy atom. The second-order valence-corrected chi connectivity index (χ2v) is 30.3. The van der Waals surface area contributed by atoms with Crippen LogP contribution in [0.15, 0.2) is 177 Å². The third kappa shape index (κ3) is 37.2. The normalized spacial score (nSPS) is 11.7. The first-order valence-electron chi connectivity index (χ1n) is 37.7. The van der Waals surface area contributed by atoms with Crippen LogP contribution in [-0.2, 0) is 41.1 Å². The van der Waals surface area contributed by atoms with Crippen molar-refractivity contribution in [3.05, 3.63) is 216 Å². The SMILES string of the molecule is C.C.C.CC(C)Oc1cc(NC(=O)NCC(F)(F)F)cc(-c2cnc3c(C#N)cccn23)c1.CC(C)Oc1cc(NC(=O)NCC(F)(F)F)cc(-c2cnc3c(CN)cccn23)c1.CC(C)Oc1cc(NC(=O)NCC(F)(F)F)cc(B2OC(C)(C)C(C)(C)O2)c1.ClCCl.N#Cc1cccn2c(I)cnc12.N#Cc1cccn2ccnc12.N#Cc1cccnc1N.O=CCCl.[CH3-].[HH].[Pd]. The minimum Gasteiger partial charge on any atom is -0.491 e. The van der Waals surface area contributed by atoms with E-state index in [-0.39, 0.29) is 98.1 Å². The van der Waals surface area contributed by atoms with Crippen molar-refractivity contribution in [2.75, 3.05) is 52.5 Å². The molecule has 10 N–H and O–H groups in total. The number of nitriles is 4. The average Bonchev–Trinajstić information content (AvgIpc) is 1.62. The van der Waals surface area contributed by atoms with E-state index >= 15 is 0 Å². The van der Waals surface area contributed by atoms with E-state index in [0.717, 1.165) is 20.6 Å². The molecule has 30 nitrogen and oxygen atoms in total. The number of ether oxygens (including phenoxy) is 3. The molecule has 6 amide bonds. The number of urea groups is 3. The number of hydrogen-bond donors (Lipinski definition) is 8. The van der Waals surface area contributed by atoms with E-state index < -0.39 is 74.6 Å². The van der Waals surface area contributed by atoms with Gasteiger partial charge in [-0.2, -0.15) is 60.6 Å². The van der Waals surface area contributed by atoms with Gasteiger partial charge in [0.25, 0.3) is 0 Å². The topological polar surface area (TPSA) is 416 Å². The molecule has 3 aromatic carbocycles. The fourth-order valence-electron chi connectivity index (χ4n) is 10.9. The first-order valence-corrected chi connectivity index (χ1v) is 40.3. The fraction of sp³-hybridized carbons (Fsp3) is 0.310. The molecule has 132 heavy (non-hydrogen) atoms. The summed E-state index contributed by atoms with van der Waals surface area (Å²) in [7, 11) is -0.709. The summed E-state index contributed by atoms with van der Waals surface area (Å²) in [6, 6.07) is 37.4. The number of anilines is 4. The molecule has 45 heteroatoms. The Bertz CT molecular complexity index is 5890. The van der Waals surface area contributed by atoms with Gasteiger partial charge in [-0.3, -0.25) is 13.2 Å². The first-order chi connectivity index (χ1) is 59.9. The molecule has 0 saturated carbocycles. The van der Waals surface area contributed by atoms with E-state index in [1.165, 1.54) is 12.1 Å². The molecule has 0 atom stereocenters. The summed E-state index contributed by atoms with van der Waals surface area (Å²) in [5.41, 5.74) is 19.4. The molecule has 1 fully saturated rings. The molecular weight excluding hydrogens is 2000 g/mol. The number of carbonyl (C=O) groups is 4. The number of nitrogens with zero attached hydrogens (tertiary/aromatic N) is 13. The smallest absolute Gasteiger partial charge is 0.491 e. The molecule has 0 spiro atoms. The van der Waals surface area contributed by atoms with E-state index in [4.69, 9.17) is 90.4 Å². The number of fused-ring (bicyclic) bond motifs is 4. The van der Waals surface area contributed by atoms with Crippen molar-refractivity contribution >= 4 is 140 Å². The first kappa shape index (κ1) is 118. The van der Waals surface area contributed by atoms with Crippen LogP contribution in [0.5, 0.6) is 17.2 Å². The van der Waals surface area contributed by atoms with E-state index in [1.807, 2.05) is 138 Å². The number of rotatable bonds is 17. The van der Waals surface area contributed by atoms with Crippen LogP contribution in [0.4, 0.5) is 76.8 Å². The monoisotopic (exact) mass is 2100 g/mol. The van der Waals surface area contributed by atoms with Crippen molar-refractivity contribution in [3.8, 4) is 64.0 Å². The summed E-state index contributed by atoms with van der Waals surface area (Å²) in [6.07, 6.45) is 4.03. The molecule has 9 aromatic heterocycles. The number of amides is 6. The molecule has 1 saturated heterocycles. The molecule has 0 bridgehead atoms. The number of pyridine rings is 5. The van der Waals surface area contributed by atoms with Gasteiger partial charge in [0.05, 0.1) is 93.0 Å². The second kappa shape index (κ2) is 55.2. The van der Waals surface area contributed by atoms with Crippen LogP contribution in [0.3, 0.4) is 0 Å². The standard InChI is InChI=1S/C20H22F3N5O2.C20H18F3N5O2.C18H26BF3N2O4.C8H4IN3.C8H5N3.C6H5N3.C2H3ClO.CH2Cl2.3CH4.CH3.Pd.H2/c2*1-12(2)30-16-7-14(6-15(8-16)27-19(29)26-11-20(21,22)23)17-10-25-18-13(9-24)4-3-5-28(17)18;1-11(2)26-14-8-12(19-27-16(3,4)17(5,6)28-19)7-13(9-14)24-15(25)23-10-18(20,21)22;9-7-5-11-8-6(4-10)2-1-3-12(7)8;9-6-7-2-1-4-11-5-3-10-8(7)11;7-4-5-2-1-3-9-6(5)8;3-1-2-4;2-1-3;;;;;;/h3-8,10,12H,9,11,24H2,1-2H3,(H2,26,27,29);3-8,10,12H,11H2,1-2H3,(H2,26,27,29);7-9,11H,10H2,1-6H3,(H2,23,24,25);1-3,5H;1-5H;1-3H,(H2,8,9);2H,1H2;1H2;3*1H4;1H3;;1H/q;;;;;;;;;;;-1;;. The second-order valence-electron chi connectivity index (χ2n) is 28.1. The van der Waals surface area contributed by atoms with Crippen LogP contribution in [0.1, 0.15) is 121 Å². The van der Waals surface area contributed by atoms with Gasteiger partial charge in [-0.25, -0.2) is 39.3 Å². The van der Waals surface area contributed by atoms with Crippen molar-refractivity contribution in [1.29, 1.82) is 21.0 Å². The van der Waals surface area contributed by atoms with Crippen molar-refractivity contribution in [2.24, 2.45) is 5.73 Å². The number of imidazole rings is 4. The van der Waals surface area contributed by atoms with Gasteiger partial charge in [-0.1, -0.05) is 28.3 Å². The minimum absolute atomic E-state index is 0. The molecule has 13 rings (SSSR count). The third-order valence-corrected chi connectivity index (χ3v) is 17.7. The average molecular weight is 2110 g/mol. The van der Waals surface area contributed by atoms with E-state index in [2.05, 4.69) is 81.7 Å². The summed E-state index contributed by atoms with van der Waals surface area (Å²) >= 11 is 16.5. The zero-order valence-electron chi connectivity index (χ0n) is 70.7. The summed E-state index contributed by atoms with van der Waals surface area (Å²) < 4.78 is 148. The number of hydrogen-bond acceptors (Lipinski definition) is 20. The third-order valence-electron chi connectivity index (χ3n) is 16.8. The Labute approximate surface area is 802 Å². The van der Waals surface area contributed by atoms with E-state index in [1.54, 1.807) is 136 Å². The Hall–Kier alpha value is -12.2. The number of aromatic nitrogens is 9. The number of nitrogen functional groups attached to an aromatic ring is 1. The predicted molar refractivity (Wildman–Crippen MR) is 501 cm³/mol. The summed E-state index contributed by atoms with van der Waals surface area (Å²) in [5, 5.41) is 47.7. The van der Waals surface area contributed by atoms with Crippen LogP contribution in [0.25, 0.3) is 45.1 Å². The molecule has 1 aliphatic heterocycles. The van der Waals surface area contributed by atoms with Gasteiger partial charge in [-0.15, -0.1) is 34.8 Å².